The second-order valence-electron chi connectivity index (χ2n) is 2.62. The van der Waals surface area contributed by atoms with Gasteiger partial charge in [0.2, 0.25) is 0 Å². The van der Waals surface area contributed by atoms with Gasteiger partial charge in [-0.2, -0.15) is 0 Å². The fraction of sp³-hybridized carbons (Fsp3) is 0.0909. The average Bonchev–Trinajstić information content (AvgIpc) is 2.17. The van der Waals surface area contributed by atoms with Crippen LogP contribution in [0.15, 0.2) is 36.4 Å². The third-order valence-corrected chi connectivity index (χ3v) is 1.87. The third-order valence-electron chi connectivity index (χ3n) is 1.87. The summed E-state index contributed by atoms with van der Waals surface area (Å²) < 4.78 is 5.11. The molecular weight excluding hydrogens is 212 g/mol. The summed E-state index contributed by atoms with van der Waals surface area (Å²) in [6.07, 6.45) is 0. The number of fused-ring (bicyclic) bond motifs is 1. The number of hydrogen-bond acceptors (Lipinski definition) is 1. The molecule has 0 aromatic heterocycles. The molecule has 0 saturated heterocycles. The molecule has 0 heterocycles. The van der Waals surface area contributed by atoms with Crippen molar-refractivity contribution in [1.29, 1.82) is 0 Å². The van der Waals surface area contributed by atoms with E-state index in [2.05, 4.69) is 6.07 Å². The van der Waals surface area contributed by atoms with E-state index in [1.54, 1.807) is 7.11 Å². The fourth-order valence-corrected chi connectivity index (χ4v) is 1.23. The number of rotatable bonds is 1. The van der Waals surface area contributed by atoms with Crippen LogP contribution in [0.1, 0.15) is 0 Å². The van der Waals surface area contributed by atoms with E-state index in [0.717, 1.165) is 16.5 Å². The van der Waals surface area contributed by atoms with Crippen LogP contribution in [0.4, 0.5) is 0 Å². The van der Waals surface area contributed by atoms with Crippen molar-refractivity contribution in [3.05, 3.63) is 42.5 Å². The van der Waals surface area contributed by atoms with Crippen molar-refractivity contribution in [2.24, 2.45) is 0 Å². The van der Waals surface area contributed by atoms with Crippen LogP contribution < -0.4 is 4.74 Å². The Morgan fingerprint density at radius 2 is 2.08 bits per heavy atom. The average molecular weight is 221 g/mol. The van der Waals surface area contributed by atoms with Crippen LogP contribution in [-0.4, -0.2) is 7.11 Å². The molecule has 1 nitrogen and oxygen atoms in total. The van der Waals surface area contributed by atoms with Crippen LogP contribution in [0, 0.1) is 6.07 Å². The van der Waals surface area contributed by atoms with Gasteiger partial charge in [0.05, 0.1) is 7.11 Å². The number of hydrogen-bond donors (Lipinski definition) is 0. The molecule has 0 unspecified atom stereocenters. The number of methoxy groups -OCH3 is 1. The first kappa shape index (κ1) is 10.1. The Hall–Kier alpha value is -0.981. The van der Waals surface area contributed by atoms with Crippen LogP contribution in [0.3, 0.4) is 0 Å². The summed E-state index contributed by atoms with van der Waals surface area (Å²) in [4.78, 5) is 0. The Bertz CT molecular complexity index is 398. The Balaban J connectivity index is 0.000000845. The first-order valence-corrected chi connectivity index (χ1v) is 3.84. The van der Waals surface area contributed by atoms with Crippen molar-refractivity contribution in [1.82, 2.24) is 0 Å². The van der Waals surface area contributed by atoms with E-state index in [4.69, 9.17) is 4.74 Å². The van der Waals surface area contributed by atoms with E-state index in [1.807, 2.05) is 36.4 Å². The van der Waals surface area contributed by atoms with E-state index in [0.29, 0.717) is 0 Å². The molecule has 2 heteroatoms. The molecule has 0 aliphatic carbocycles. The third kappa shape index (κ3) is 2.03. The molecule has 2 aromatic carbocycles. The molecule has 2 aromatic rings. The fourth-order valence-electron chi connectivity index (χ4n) is 1.23. The van der Waals surface area contributed by atoms with Gasteiger partial charge in [-0.15, -0.1) is 41.1 Å². The largest absolute Gasteiger partial charge is 1.00 e. The van der Waals surface area contributed by atoms with E-state index >= 15 is 0 Å². The Morgan fingerprint density at radius 3 is 2.85 bits per heavy atom. The van der Waals surface area contributed by atoms with Crippen molar-refractivity contribution in [3.8, 4) is 5.75 Å². The normalized spacial score (nSPS) is 9.31. The first-order chi connectivity index (χ1) is 5.90. The van der Waals surface area contributed by atoms with Gasteiger partial charge in [-0.1, -0.05) is 12.1 Å². The quantitative estimate of drug-likeness (QED) is 0.531. The van der Waals surface area contributed by atoms with Crippen LogP contribution in [0.2, 0.25) is 0 Å². The van der Waals surface area contributed by atoms with Crippen molar-refractivity contribution in [3.63, 3.8) is 0 Å². The molecule has 0 spiro atoms. The van der Waals surface area contributed by atoms with Crippen LogP contribution in [0.5, 0.6) is 5.75 Å². The minimum atomic E-state index is 0. The molecule has 0 amide bonds. The monoisotopic (exact) mass is 220 g/mol. The zero-order valence-electron chi connectivity index (χ0n) is 7.17. The van der Waals surface area contributed by atoms with E-state index in [9.17, 15) is 0 Å². The molecule has 0 N–H and O–H groups in total. The molecule has 13 heavy (non-hydrogen) atoms. The summed E-state index contributed by atoms with van der Waals surface area (Å²) in [5.41, 5.74) is 0. The molecule has 0 radical (unpaired) electrons. The molecule has 0 bridgehead atoms. The molecule has 0 aliphatic heterocycles. The van der Waals surface area contributed by atoms with Gasteiger partial charge in [0, 0.05) is 0 Å². The summed E-state index contributed by atoms with van der Waals surface area (Å²) in [7, 11) is 1.67. The van der Waals surface area contributed by atoms with Gasteiger partial charge in [0.15, 0.2) is 0 Å². The van der Waals surface area contributed by atoms with E-state index < -0.39 is 0 Å². The summed E-state index contributed by atoms with van der Waals surface area (Å²) in [6.45, 7) is 0. The maximum absolute atomic E-state index is 5.11. The van der Waals surface area contributed by atoms with Crippen LogP contribution in [-0.2, 0) is 17.1 Å². The van der Waals surface area contributed by atoms with Crippen LogP contribution >= 0.6 is 0 Å². The van der Waals surface area contributed by atoms with E-state index in [1.165, 1.54) is 0 Å². The maximum Gasteiger partial charge on any atom is 1.00 e. The van der Waals surface area contributed by atoms with Gasteiger partial charge in [-0.05, 0) is 0 Å². The second kappa shape index (κ2) is 4.31. The standard InChI is InChI=1S/C11H9O.Cu/c1-12-11-7-6-9-4-2-3-5-10(9)8-11;/h2-3,5-8H,1H3;/q-1;+1. The van der Waals surface area contributed by atoms with Crippen molar-refractivity contribution in [2.75, 3.05) is 7.11 Å². The summed E-state index contributed by atoms with van der Waals surface area (Å²) >= 11 is 0. The minimum Gasteiger partial charge on any atom is -0.498 e. The maximum atomic E-state index is 5.11. The minimum absolute atomic E-state index is 0. The van der Waals surface area contributed by atoms with Gasteiger partial charge in [-0.3, -0.25) is 0 Å². The van der Waals surface area contributed by atoms with Crippen molar-refractivity contribution >= 4 is 10.8 Å². The SMILES string of the molecule is COc1ccc2[c-]cccc2c1.[Cu+]. The van der Waals surface area contributed by atoms with Gasteiger partial charge in [0.1, 0.15) is 5.75 Å². The number of benzene rings is 2. The van der Waals surface area contributed by atoms with Crippen molar-refractivity contribution < 1.29 is 21.8 Å². The van der Waals surface area contributed by atoms with Gasteiger partial charge in [-0.25, -0.2) is 0 Å². The predicted molar refractivity (Wildman–Crippen MR) is 49.3 cm³/mol. The molecule has 0 fully saturated rings. The Kier molecular flexibility index (Phi) is 3.35. The number of ether oxygens (including phenoxy) is 1. The second-order valence-corrected chi connectivity index (χ2v) is 2.62. The summed E-state index contributed by atoms with van der Waals surface area (Å²) in [5.74, 6) is 0.891. The zero-order chi connectivity index (χ0) is 8.39. The van der Waals surface area contributed by atoms with Gasteiger partial charge < -0.3 is 4.74 Å². The van der Waals surface area contributed by atoms with Gasteiger partial charge >= 0.3 is 17.1 Å². The topological polar surface area (TPSA) is 9.23 Å². The zero-order valence-corrected chi connectivity index (χ0v) is 8.12. The summed E-state index contributed by atoms with van der Waals surface area (Å²) in [5, 5.41) is 2.29. The molecule has 0 atom stereocenters. The predicted octanol–water partition coefficient (Wildman–Crippen LogP) is 2.65. The molecule has 0 saturated carbocycles. The Labute approximate surface area is 88.2 Å². The van der Waals surface area contributed by atoms with E-state index in [-0.39, 0.29) is 17.1 Å². The first-order valence-electron chi connectivity index (χ1n) is 3.84. The Morgan fingerprint density at radius 1 is 1.23 bits per heavy atom. The van der Waals surface area contributed by atoms with Crippen LogP contribution in [0.25, 0.3) is 10.8 Å². The van der Waals surface area contributed by atoms with Gasteiger partial charge in [0.25, 0.3) is 0 Å². The molecular formula is C11H9CuO. The molecule has 0 aliphatic rings. The molecule has 70 valence electrons. The molecule has 2 rings (SSSR count). The summed E-state index contributed by atoms with van der Waals surface area (Å²) in [6, 6.07) is 15.0. The smallest absolute Gasteiger partial charge is 0.498 e. The van der Waals surface area contributed by atoms with Crippen molar-refractivity contribution in [2.45, 2.75) is 0 Å².